The molecule has 0 atom stereocenters. The highest BCUT2D eigenvalue weighted by Crippen LogP contribution is 2.17. The maximum Gasteiger partial charge on any atom is 0.189 e. The van der Waals surface area contributed by atoms with Gasteiger partial charge in [0, 0.05) is 17.8 Å². The van der Waals surface area contributed by atoms with Crippen molar-refractivity contribution in [3.05, 3.63) is 52.0 Å². The van der Waals surface area contributed by atoms with Crippen LogP contribution in [0.2, 0.25) is 0 Å². The largest absolute Gasteiger partial charge is 0.370 e. The molecule has 4 nitrogen and oxygen atoms in total. The molecule has 1 heterocycles. The van der Waals surface area contributed by atoms with Crippen molar-refractivity contribution in [3.63, 3.8) is 0 Å². The molecule has 128 valence electrons. The van der Waals surface area contributed by atoms with Crippen molar-refractivity contribution < 1.29 is 0 Å². The number of aromatic nitrogens is 1. The summed E-state index contributed by atoms with van der Waals surface area (Å²) in [7, 11) is 0. The van der Waals surface area contributed by atoms with E-state index in [4.69, 9.17) is 5.73 Å². The SMILES string of the molecule is NC(=NCc1csc(CCc2ccccc2)n1)NC1CCCCC1. The molecule has 0 aliphatic heterocycles. The van der Waals surface area contributed by atoms with E-state index in [0.717, 1.165) is 18.5 Å². The van der Waals surface area contributed by atoms with Crippen LogP contribution in [0.1, 0.15) is 48.4 Å². The second-order valence-electron chi connectivity index (χ2n) is 6.40. The number of thiazole rings is 1. The Labute approximate surface area is 148 Å². The van der Waals surface area contributed by atoms with Crippen LogP contribution in [0.5, 0.6) is 0 Å². The van der Waals surface area contributed by atoms with Gasteiger partial charge in [0.2, 0.25) is 0 Å². The molecule has 1 aromatic carbocycles. The lowest BCUT2D eigenvalue weighted by atomic mass is 9.96. The maximum atomic E-state index is 6.01. The van der Waals surface area contributed by atoms with Gasteiger partial charge in [-0.2, -0.15) is 0 Å². The number of hydrogen-bond donors (Lipinski definition) is 2. The van der Waals surface area contributed by atoms with Gasteiger partial charge in [-0.05, 0) is 24.8 Å². The number of nitrogens with zero attached hydrogens (tertiary/aromatic N) is 2. The van der Waals surface area contributed by atoms with E-state index >= 15 is 0 Å². The third-order valence-electron chi connectivity index (χ3n) is 4.44. The van der Waals surface area contributed by atoms with Crippen LogP contribution in [0.15, 0.2) is 40.7 Å². The van der Waals surface area contributed by atoms with Crippen molar-refractivity contribution in [1.29, 1.82) is 0 Å². The highest BCUT2D eigenvalue weighted by atomic mass is 32.1. The van der Waals surface area contributed by atoms with E-state index < -0.39 is 0 Å². The lowest BCUT2D eigenvalue weighted by Gasteiger charge is -2.23. The zero-order chi connectivity index (χ0) is 16.6. The van der Waals surface area contributed by atoms with Gasteiger partial charge in [-0.15, -0.1) is 11.3 Å². The molecule has 0 amide bonds. The fourth-order valence-electron chi connectivity index (χ4n) is 3.10. The Bertz CT molecular complexity index is 644. The normalized spacial score (nSPS) is 16.2. The van der Waals surface area contributed by atoms with Crippen molar-refractivity contribution in [1.82, 2.24) is 10.3 Å². The van der Waals surface area contributed by atoms with Crippen molar-refractivity contribution in [2.45, 2.75) is 57.5 Å². The summed E-state index contributed by atoms with van der Waals surface area (Å²) >= 11 is 1.71. The van der Waals surface area contributed by atoms with Crippen LogP contribution in [-0.4, -0.2) is 17.0 Å². The lowest BCUT2D eigenvalue weighted by molar-refractivity contribution is 0.412. The van der Waals surface area contributed by atoms with Crippen LogP contribution >= 0.6 is 11.3 Å². The molecule has 0 saturated heterocycles. The summed E-state index contributed by atoms with van der Waals surface area (Å²) in [5, 5.41) is 6.61. The zero-order valence-corrected chi connectivity index (χ0v) is 14.9. The highest BCUT2D eigenvalue weighted by molar-refractivity contribution is 7.09. The van der Waals surface area contributed by atoms with E-state index in [2.05, 4.69) is 51.0 Å². The summed E-state index contributed by atoms with van der Waals surface area (Å²) in [6.07, 6.45) is 8.35. The average Bonchev–Trinajstić information content (AvgIpc) is 3.08. The second-order valence-corrected chi connectivity index (χ2v) is 7.34. The van der Waals surface area contributed by atoms with E-state index in [0.29, 0.717) is 18.5 Å². The molecule has 3 rings (SSSR count). The van der Waals surface area contributed by atoms with E-state index in [1.165, 1.54) is 42.7 Å². The van der Waals surface area contributed by atoms with Crippen LogP contribution in [0.3, 0.4) is 0 Å². The van der Waals surface area contributed by atoms with Crippen molar-refractivity contribution in [2.75, 3.05) is 0 Å². The van der Waals surface area contributed by atoms with Gasteiger partial charge in [0.05, 0.1) is 17.2 Å². The Hall–Kier alpha value is -1.88. The molecule has 1 aliphatic rings. The minimum atomic E-state index is 0.499. The topological polar surface area (TPSA) is 63.3 Å². The Balaban J connectivity index is 1.45. The number of benzene rings is 1. The van der Waals surface area contributed by atoms with E-state index in [9.17, 15) is 0 Å². The highest BCUT2D eigenvalue weighted by Gasteiger charge is 2.13. The molecule has 0 radical (unpaired) electrons. The first-order chi connectivity index (χ1) is 11.8. The molecule has 0 unspecified atom stereocenters. The number of rotatable bonds is 6. The van der Waals surface area contributed by atoms with E-state index in [1.54, 1.807) is 11.3 Å². The number of nitrogens with one attached hydrogen (secondary N) is 1. The molecule has 1 fully saturated rings. The van der Waals surface area contributed by atoms with Crippen LogP contribution in [0.4, 0.5) is 0 Å². The van der Waals surface area contributed by atoms with Crippen molar-refractivity contribution >= 4 is 17.3 Å². The van der Waals surface area contributed by atoms with Gasteiger partial charge in [0.15, 0.2) is 5.96 Å². The molecule has 1 aromatic heterocycles. The predicted molar refractivity (Wildman–Crippen MR) is 101 cm³/mol. The van der Waals surface area contributed by atoms with Crippen LogP contribution in [-0.2, 0) is 19.4 Å². The molecule has 0 spiro atoms. The molecule has 2 aromatic rings. The fourth-order valence-corrected chi connectivity index (χ4v) is 3.89. The predicted octanol–water partition coefficient (Wildman–Crippen LogP) is 3.67. The first-order valence-electron chi connectivity index (χ1n) is 8.83. The standard InChI is InChI=1S/C19H26N4S/c20-19(23-16-9-5-2-6-10-16)21-13-17-14-24-18(22-17)12-11-15-7-3-1-4-8-15/h1,3-4,7-8,14,16H,2,5-6,9-13H2,(H3,20,21,23). The number of nitrogens with two attached hydrogens (primary N) is 1. The zero-order valence-electron chi connectivity index (χ0n) is 14.1. The Morgan fingerprint density at radius 2 is 1.96 bits per heavy atom. The quantitative estimate of drug-likeness (QED) is 0.622. The molecule has 3 N–H and O–H groups in total. The van der Waals surface area contributed by atoms with E-state index in [-0.39, 0.29) is 0 Å². The Morgan fingerprint density at radius 3 is 2.75 bits per heavy atom. The van der Waals surface area contributed by atoms with E-state index in [1.807, 2.05) is 0 Å². The summed E-state index contributed by atoms with van der Waals surface area (Å²) in [4.78, 5) is 9.12. The number of guanidine groups is 1. The molecular weight excluding hydrogens is 316 g/mol. The molecule has 24 heavy (non-hydrogen) atoms. The van der Waals surface area contributed by atoms with Gasteiger partial charge in [0.1, 0.15) is 0 Å². The summed E-state index contributed by atoms with van der Waals surface area (Å²) in [5.74, 6) is 0.556. The number of aliphatic imine (C=N–C) groups is 1. The average molecular weight is 343 g/mol. The third kappa shape index (κ3) is 5.34. The Kier molecular flexibility index (Phi) is 6.24. The van der Waals surface area contributed by atoms with Crippen molar-refractivity contribution in [3.8, 4) is 0 Å². The molecule has 1 saturated carbocycles. The molecule has 5 heteroatoms. The summed E-state index contributed by atoms with van der Waals surface area (Å²) < 4.78 is 0. The smallest absolute Gasteiger partial charge is 0.189 e. The lowest BCUT2D eigenvalue weighted by Crippen LogP contribution is -2.41. The number of aryl methyl sites for hydroxylation is 2. The summed E-state index contributed by atoms with van der Waals surface area (Å²) in [6, 6.07) is 11.0. The first-order valence-corrected chi connectivity index (χ1v) is 9.71. The monoisotopic (exact) mass is 342 g/mol. The van der Waals surface area contributed by atoms with Gasteiger partial charge in [-0.3, -0.25) is 0 Å². The second kappa shape index (κ2) is 8.83. The molecule has 1 aliphatic carbocycles. The minimum Gasteiger partial charge on any atom is -0.370 e. The Morgan fingerprint density at radius 1 is 1.17 bits per heavy atom. The summed E-state index contributed by atoms with van der Waals surface area (Å²) in [5.41, 5.74) is 8.37. The van der Waals surface area contributed by atoms with Crippen LogP contribution in [0.25, 0.3) is 0 Å². The third-order valence-corrected chi connectivity index (χ3v) is 5.40. The van der Waals surface area contributed by atoms with Gasteiger partial charge in [0.25, 0.3) is 0 Å². The van der Waals surface area contributed by atoms with Crippen molar-refractivity contribution in [2.24, 2.45) is 10.7 Å². The number of hydrogen-bond acceptors (Lipinski definition) is 3. The van der Waals surface area contributed by atoms with Gasteiger partial charge >= 0.3 is 0 Å². The first kappa shape index (κ1) is 17.0. The maximum absolute atomic E-state index is 6.01. The molecule has 0 bridgehead atoms. The van der Waals surface area contributed by atoms with Gasteiger partial charge in [-0.25, -0.2) is 9.98 Å². The van der Waals surface area contributed by atoms with Gasteiger partial charge < -0.3 is 11.1 Å². The fraction of sp³-hybridized carbons (Fsp3) is 0.474. The van der Waals surface area contributed by atoms with Gasteiger partial charge in [-0.1, -0.05) is 49.6 Å². The summed E-state index contributed by atoms with van der Waals surface area (Å²) in [6.45, 7) is 0.563. The molecular formula is C19H26N4S. The van der Waals surface area contributed by atoms with Crippen LogP contribution < -0.4 is 11.1 Å². The minimum absolute atomic E-state index is 0.499. The van der Waals surface area contributed by atoms with Crippen LogP contribution in [0, 0.1) is 0 Å².